The van der Waals surface area contributed by atoms with Crippen molar-refractivity contribution in [2.24, 2.45) is 0 Å². The number of amides is 1. The van der Waals surface area contributed by atoms with E-state index in [1.807, 2.05) is 52.2 Å². The van der Waals surface area contributed by atoms with Crippen molar-refractivity contribution in [3.05, 3.63) is 51.7 Å². The zero-order valence-corrected chi connectivity index (χ0v) is 14.9. The molecule has 1 aromatic carbocycles. The van der Waals surface area contributed by atoms with Gasteiger partial charge in [-0.3, -0.25) is 4.79 Å². The van der Waals surface area contributed by atoms with Crippen molar-refractivity contribution >= 4 is 17.2 Å². The standard InChI is InChI=1S/C18H24N2O2S/c1-13-7-5-8-14(2)18(13)22-12-17(21)19-11-15(20(3)4)16-9-6-10-23-16/h5-10,15H,11-12H2,1-4H3,(H,19,21). The zero-order chi connectivity index (χ0) is 16.8. The lowest BCUT2D eigenvalue weighted by molar-refractivity contribution is -0.123. The van der Waals surface area contributed by atoms with Crippen LogP contribution in [-0.4, -0.2) is 38.1 Å². The Morgan fingerprint density at radius 3 is 2.48 bits per heavy atom. The van der Waals surface area contributed by atoms with Crippen molar-refractivity contribution in [1.29, 1.82) is 0 Å². The number of hydrogen-bond acceptors (Lipinski definition) is 4. The second-order valence-electron chi connectivity index (χ2n) is 5.81. The van der Waals surface area contributed by atoms with Crippen LogP contribution in [-0.2, 0) is 4.79 Å². The number of ether oxygens (including phenoxy) is 1. The molecule has 0 spiro atoms. The summed E-state index contributed by atoms with van der Waals surface area (Å²) >= 11 is 1.70. The number of carbonyl (C=O) groups excluding carboxylic acids is 1. The molecule has 0 aliphatic rings. The molecule has 2 aromatic rings. The Hall–Kier alpha value is -1.85. The van der Waals surface area contributed by atoms with Gasteiger partial charge in [-0.1, -0.05) is 24.3 Å². The molecule has 0 radical (unpaired) electrons. The molecule has 5 heteroatoms. The van der Waals surface area contributed by atoms with Crippen LogP contribution in [0.3, 0.4) is 0 Å². The summed E-state index contributed by atoms with van der Waals surface area (Å²) < 4.78 is 5.69. The lowest BCUT2D eigenvalue weighted by atomic mass is 10.1. The second-order valence-corrected chi connectivity index (χ2v) is 6.79. The Labute approximate surface area is 142 Å². The first-order valence-electron chi connectivity index (χ1n) is 7.64. The van der Waals surface area contributed by atoms with Crippen molar-refractivity contribution in [3.63, 3.8) is 0 Å². The Morgan fingerprint density at radius 1 is 1.22 bits per heavy atom. The van der Waals surface area contributed by atoms with Crippen molar-refractivity contribution in [2.45, 2.75) is 19.9 Å². The van der Waals surface area contributed by atoms with E-state index in [9.17, 15) is 4.79 Å². The number of nitrogens with zero attached hydrogens (tertiary/aromatic N) is 1. The molecular weight excluding hydrogens is 308 g/mol. The topological polar surface area (TPSA) is 41.6 Å². The van der Waals surface area contributed by atoms with Gasteiger partial charge in [0.1, 0.15) is 5.75 Å². The van der Waals surface area contributed by atoms with Gasteiger partial charge in [0.25, 0.3) is 5.91 Å². The highest BCUT2D eigenvalue weighted by Crippen LogP contribution is 2.23. The van der Waals surface area contributed by atoms with E-state index in [1.165, 1.54) is 4.88 Å². The fourth-order valence-corrected chi connectivity index (χ4v) is 3.37. The fourth-order valence-electron chi connectivity index (χ4n) is 2.44. The summed E-state index contributed by atoms with van der Waals surface area (Å²) in [5.41, 5.74) is 2.09. The molecule has 1 aromatic heterocycles. The first kappa shape index (κ1) is 17.5. The van der Waals surface area contributed by atoms with Gasteiger partial charge in [-0.15, -0.1) is 11.3 Å². The number of nitrogens with one attached hydrogen (secondary N) is 1. The highest BCUT2D eigenvalue weighted by Gasteiger charge is 2.16. The molecular formula is C18H24N2O2S. The average molecular weight is 332 g/mol. The van der Waals surface area contributed by atoms with Gasteiger partial charge < -0.3 is 15.0 Å². The average Bonchev–Trinajstić information content (AvgIpc) is 3.00. The maximum Gasteiger partial charge on any atom is 0.258 e. The summed E-state index contributed by atoms with van der Waals surface area (Å²) in [6.45, 7) is 4.58. The molecule has 1 atom stereocenters. The van der Waals surface area contributed by atoms with Gasteiger partial charge in [0.05, 0.1) is 6.04 Å². The fraction of sp³-hybridized carbons (Fsp3) is 0.389. The van der Waals surface area contributed by atoms with Crippen LogP contribution in [0.15, 0.2) is 35.7 Å². The van der Waals surface area contributed by atoms with Gasteiger partial charge in [0.2, 0.25) is 0 Å². The van der Waals surface area contributed by atoms with Crippen LogP contribution >= 0.6 is 11.3 Å². The van der Waals surface area contributed by atoms with Gasteiger partial charge in [-0.2, -0.15) is 0 Å². The first-order chi connectivity index (χ1) is 11.0. The third kappa shape index (κ3) is 4.81. The van der Waals surface area contributed by atoms with E-state index >= 15 is 0 Å². The Morgan fingerprint density at radius 2 is 1.91 bits per heavy atom. The van der Waals surface area contributed by atoms with E-state index in [2.05, 4.69) is 21.7 Å². The summed E-state index contributed by atoms with van der Waals surface area (Å²) in [5.74, 6) is 0.695. The first-order valence-corrected chi connectivity index (χ1v) is 8.52. The third-order valence-electron chi connectivity index (χ3n) is 3.74. The third-order valence-corrected chi connectivity index (χ3v) is 4.72. The van der Waals surface area contributed by atoms with E-state index in [-0.39, 0.29) is 18.6 Å². The van der Waals surface area contributed by atoms with Crippen LogP contribution in [0.4, 0.5) is 0 Å². The van der Waals surface area contributed by atoms with E-state index in [0.717, 1.165) is 16.9 Å². The van der Waals surface area contributed by atoms with Crippen molar-refractivity contribution in [3.8, 4) is 5.75 Å². The number of likely N-dealkylation sites (N-methyl/N-ethyl adjacent to an activating group) is 1. The Kier molecular flexibility index (Phi) is 6.19. The molecule has 0 aliphatic carbocycles. The number of aryl methyl sites for hydroxylation is 2. The minimum absolute atomic E-state index is 0.0380. The van der Waals surface area contributed by atoms with Gasteiger partial charge in [-0.25, -0.2) is 0 Å². The Balaban J connectivity index is 1.87. The van der Waals surface area contributed by atoms with Crippen LogP contribution in [0, 0.1) is 13.8 Å². The summed E-state index contributed by atoms with van der Waals surface area (Å²) in [4.78, 5) is 15.4. The van der Waals surface area contributed by atoms with Crippen LogP contribution in [0.1, 0.15) is 22.0 Å². The molecule has 4 nitrogen and oxygen atoms in total. The summed E-state index contributed by atoms with van der Waals surface area (Å²) in [6, 6.07) is 10.3. The lowest BCUT2D eigenvalue weighted by Gasteiger charge is -2.23. The maximum atomic E-state index is 12.1. The van der Waals surface area contributed by atoms with E-state index in [0.29, 0.717) is 6.54 Å². The number of thiophene rings is 1. The van der Waals surface area contributed by atoms with E-state index in [4.69, 9.17) is 4.74 Å². The monoisotopic (exact) mass is 332 g/mol. The largest absolute Gasteiger partial charge is 0.483 e. The molecule has 1 unspecified atom stereocenters. The van der Waals surface area contributed by atoms with E-state index in [1.54, 1.807) is 11.3 Å². The number of rotatable bonds is 7. The summed E-state index contributed by atoms with van der Waals surface area (Å²) in [7, 11) is 4.04. The summed E-state index contributed by atoms with van der Waals surface area (Å²) in [6.07, 6.45) is 0. The van der Waals surface area contributed by atoms with Crippen molar-refractivity contribution in [2.75, 3.05) is 27.2 Å². The highest BCUT2D eigenvalue weighted by molar-refractivity contribution is 7.10. The molecule has 1 heterocycles. The zero-order valence-electron chi connectivity index (χ0n) is 14.1. The molecule has 2 rings (SSSR count). The minimum Gasteiger partial charge on any atom is -0.483 e. The second kappa shape index (κ2) is 8.13. The quantitative estimate of drug-likeness (QED) is 0.847. The molecule has 124 valence electrons. The van der Waals surface area contributed by atoms with Gasteiger partial charge >= 0.3 is 0 Å². The predicted octanol–water partition coefficient (Wildman–Crippen LogP) is 3.16. The van der Waals surface area contributed by atoms with E-state index < -0.39 is 0 Å². The predicted molar refractivity (Wildman–Crippen MR) is 95.2 cm³/mol. The smallest absolute Gasteiger partial charge is 0.258 e. The molecule has 1 N–H and O–H groups in total. The number of benzene rings is 1. The van der Waals surface area contributed by atoms with Crippen LogP contribution in [0.2, 0.25) is 0 Å². The molecule has 0 saturated heterocycles. The maximum absolute atomic E-state index is 12.1. The molecule has 1 amide bonds. The SMILES string of the molecule is Cc1cccc(C)c1OCC(=O)NCC(c1cccs1)N(C)C. The van der Waals surface area contributed by atoms with Gasteiger partial charge in [0.15, 0.2) is 6.61 Å². The number of hydrogen-bond donors (Lipinski definition) is 1. The Bertz CT molecular complexity index is 618. The molecule has 0 bridgehead atoms. The highest BCUT2D eigenvalue weighted by atomic mass is 32.1. The van der Waals surface area contributed by atoms with Crippen LogP contribution < -0.4 is 10.1 Å². The molecule has 0 saturated carbocycles. The summed E-state index contributed by atoms with van der Waals surface area (Å²) in [5, 5.41) is 5.02. The van der Waals surface area contributed by atoms with Gasteiger partial charge in [-0.05, 0) is 50.5 Å². The van der Waals surface area contributed by atoms with Crippen molar-refractivity contribution < 1.29 is 9.53 Å². The van der Waals surface area contributed by atoms with Crippen LogP contribution in [0.5, 0.6) is 5.75 Å². The van der Waals surface area contributed by atoms with Crippen LogP contribution in [0.25, 0.3) is 0 Å². The number of para-hydroxylation sites is 1. The van der Waals surface area contributed by atoms with Crippen molar-refractivity contribution in [1.82, 2.24) is 10.2 Å². The minimum atomic E-state index is -0.101. The lowest BCUT2D eigenvalue weighted by Crippen LogP contribution is -2.36. The molecule has 23 heavy (non-hydrogen) atoms. The van der Waals surface area contributed by atoms with Gasteiger partial charge in [0, 0.05) is 11.4 Å². The number of carbonyl (C=O) groups is 1. The normalized spacial score (nSPS) is 12.2. The molecule has 0 fully saturated rings. The molecule has 0 aliphatic heterocycles.